The second-order valence-corrected chi connectivity index (χ2v) is 6.20. The van der Waals surface area contributed by atoms with Crippen LogP contribution < -0.4 is 10.5 Å². The van der Waals surface area contributed by atoms with E-state index in [1.165, 1.54) is 6.07 Å². The number of hydrogen-bond donors (Lipinski definition) is 1. The minimum atomic E-state index is -0.145. The Balaban J connectivity index is 1.84. The molecule has 0 aliphatic carbocycles. The number of H-pyrrole nitrogens is 1. The molecular formula is C18H24N4O3. The van der Waals surface area contributed by atoms with E-state index in [2.05, 4.69) is 19.9 Å². The number of nitrogens with one attached hydrogen (secondary N) is 1. The van der Waals surface area contributed by atoms with Gasteiger partial charge in [0.25, 0.3) is 5.56 Å². The molecule has 7 nitrogen and oxygen atoms in total. The standard InChI is InChI=1S/C18H24N4O3/c1-4-13-7-17(23)21-18(20-13)12-5-6-16(19-9-12)22-10-15(25-3)8-14(22)11-24-2/h5-7,9,14-15H,4,8,10-11H2,1-3H3,(H,20,21,23)/t14-,15-/m0/s1. The normalized spacial score (nSPS) is 20.2. The van der Waals surface area contributed by atoms with Gasteiger partial charge in [0.15, 0.2) is 0 Å². The maximum Gasteiger partial charge on any atom is 0.251 e. The number of aryl methyl sites for hydroxylation is 1. The van der Waals surface area contributed by atoms with Crippen molar-refractivity contribution in [2.75, 3.05) is 32.3 Å². The third kappa shape index (κ3) is 3.88. The Labute approximate surface area is 147 Å². The predicted octanol–water partition coefficient (Wildman–Crippen LogP) is 1.63. The quantitative estimate of drug-likeness (QED) is 0.858. The highest BCUT2D eigenvalue weighted by molar-refractivity contribution is 5.57. The molecule has 2 aromatic rings. The topological polar surface area (TPSA) is 80.3 Å². The van der Waals surface area contributed by atoms with E-state index in [-0.39, 0.29) is 17.7 Å². The van der Waals surface area contributed by atoms with Crippen molar-refractivity contribution in [3.05, 3.63) is 40.4 Å². The smallest absolute Gasteiger partial charge is 0.251 e. The Morgan fingerprint density at radius 2 is 2.20 bits per heavy atom. The number of nitrogens with zero attached hydrogens (tertiary/aromatic N) is 3. The fraction of sp³-hybridized carbons (Fsp3) is 0.500. The average Bonchev–Trinajstić information content (AvgIpc) is 3.04. The summed E-state index contributed by atoms with van der Waals surface area (Å²) in [5, 5.41) is 0. The lowest BCUT2D eigenvalue weighted by Crippen LogP contribution is -2.33. The second-order valence-electron chi connectivity index (χ2n) is 6.20. The van der Waals surface area contributed by atoms with E-state index in [0.717, 1.165) is 30.0 Å². The van der Waals surface area contributed by atoms with E-state index in [9.17, 15) is 4.79 Å². The SMILES string of the molecule is CCc1cc(=O)[nH]c(-c2ccc(N3C[C@@H](OC)C[C@H]3COC)nc2)n1. The van der Waals surface area contributed by atoms with Crippen LogP contribution in [-0.4, -0.2) is 54.5 Å². The van der Waals surface area contributed by atoms with Crippen molar-refractivity contribution < 1.29 is 9.47 Å². The van der Waals surface area contributed by atoms with Crippen LogP contribution >= 0.6 is 0 Å². The van der Waals surface area contributed by atoms with Gasteiger partial charge >= 0.3 is 0 Å². The van der Waals surface area contributed by atoms with Crippen LogP contribution in [0.25, 0.3) is 11.4 Å². The lowest BCUT2D eigenvalue weighted by Gasteiger charge is -2.24. The molecule has 0 saturated carbocycles. The first-order valence-corrected chi connectivity index (χ1v) is 8.49. The van der Waals surface area contributed by atoms with Gasteiger partial charge in [-0.15, -0.1) is 0 Å². The minimum Gasteiger partial charge on any atom is -0.383 e. The van der Waals surface area contributed by atoms with E-state index >= 15 is 0 Å². The van der Waals surface area contributed by atoms with Crippen molar-refractivity contribution in [3.63, 3.8) is 0 Å². The molecule has 1 saturated heterocycles. The molecular weight excluding hydrogens is 320 g/mol. The molecule has 7 heteroatoms. The van der Waals surface area contributed by atoms with Crippen molar-refractivity contribution in [2.24, 2.45) is 0 Å². The van der Waals surface area contributed by atoms with Gasteiger partial charge in [-0.05, 0) is 25.0 Å². The lowest BCUT2D eigenvalue weighted by molar-refractivity contribution is 0.111. The van der Waals surface area contributed by atoms with E-state index in [4.69, 9.17) is 9.47 Å². The van der Waals surface area contributed by atoms with E-state index in [1.807, 2.05) is 19.1 Å². The first-order chi connectivity index (χ1) is 12.1. The van der Waals surface area contributed by atoms with Crippen molar-refractivity contribution >= 4 is 5.82 Å². The largest absolute Gasteiger partial charge is 0.383 e. The Hall–Kier alpha value is -2.25. The number of methoxy groups -OCH3 is 2. The zero-order valence-corrected chi connectivity index (χ0v) is 14.9. The zero-order valence-electron chi connectivity index (χ0n) is 14.9. The van der Waals surface area contributed by atoms with Gasteiger partial charge in [-0.2, -0.15) is 0 Å². The van der Waals surface area contributed by atoms with E-state index in [1.54, 1.807) is 20.4 Å². The van der Waals surface area contributed by atoms with Gasteiger partial charge in [0.05, 0.1) is 18.8 Å². The molecule has 0 aromatic carbocycles. The summed E-state index contributed by atoms with van der Waals surface area (Å²) in [5.74, 6) is 1.42. The molecule has 0 radical (unpaired) electrons. The molecule has 1 aliphatic heterocycles. The molecule has 1 N–H and O–H groups in total. The number of pyridine rings is 1. The van der Waals surface area contributed by atoms with Crippen LogP contribution in [0.15, 0.2) is 29.2 Å². The van der Waals surface area contributed by atoms with Gasteiger partial charge in [-0.3, -0.25) is 4.79 Å². The summed E-state index contributed by atoms with van der Waals surface area (Å²) in [7, 11) is 3.44. The first-order valence-electron chi connectivity index (χ1n) is 8.49. The van der Waals surface area contributed by atoms with E-state index in [0.29, 0.717) is 18.9 Å². The Bertz CT molecular complexity index is 760. The molecule has 0 amide bonds. The zero-order chi connectivity index (χ0) is 17.8. The molecule has 0 bridgehead atoms. The third-order valence-corrected chi connectivity index (χ3v) is 4.54. The Morgan fingerprint density at radius 1 is 1.36 bits per heavy atom. The number of hydrogen-bond acceptors (Lipinski definition) is 6. The van der Waals surface area contributed by atoms with Gasteiger partial charge in [-0.1, -0.05) is 6.92 Å². The number of aromatic amines is 1. The molecule has 25 heavy (non-hydrogen) atoms. The van der Waals surface area contributed by atoms with Crippen LogP contribution in [0, 0.1) is 0 Å². The Morgan fingerprint density at radius 3 is 2.84 bits per heavy atom. The van der Waals surface area contributed by atoms with Gasteiger partial charge in [-0.25, -0.2) is 9.97 Å². The Kier molecular flexibility index (Phi) is 5.45. The van der Waals surface area contributed by atoms with Gasteiger partial charge < -0.3 is 19.4 Å². The maximum atomic E-state index is 11.8. The number of aromatic nitrogens is 3. The fourth-order valence-corrected chi connectivity index (χ4v) is 3.20. The fourth-order valence-electron chi connectivity index (χ4n) is 3.20. The third-order valence-electron chi connectivity index (χ3n) is 4.54. The highest BCUT2D eigenvalue weighted by atomic mass is 16.5. The molecule has 2 atom stereocenters. The number of rotatable bonds is 6. The average molecular weight is 344 g/mol. The van der Waals surface area contributed by atoms with Crippen LogP contribution in [0.1, 0.15) is 19.0 Å². The van der Waals surface area contributed by atoms with Crippen LogP contribution in [0.2, 0.25) is 0 Å². The summed E-state index contributed by atoms with van der Waals surface area (Å²) in [5.41, 5.74) is 1.42. The predicted molar refractivity (Wildman–Crippen MR) is 95.9 cm³/mol. The minimum absolute atomic E-state index is 0.145. The maximum absolute atomic E-state index is 11.8. The van der Waals surface area contributed by atoms with Crippen LogP contribution in [0.5, 0.6) is 0 Å². The second kappa shape index (κ2) is 7.76. The molecule has 1 aliphatic rings. The van der Waals surface area contributed by atoms with Crippen molar-refractivity contribution in [2.45, 2.75) is 31.9 Å². The van der Waals surface area contributed by atoms with Gasteiger partial charge in [0, 0.05) is 44.3 Å². The summed E-state index contributed by atoms with van der Waals surface area (Å²) in [6.45, 7) is 3.40. The van der Waals surface area contributed by atoms with Gasteiger partial charge in [0.2, 0.25) is 0 Å². The highest BCUT2D eigenvalue weighted by Crippen LogP contribution is 2.27. The first kappa shape index (κ1) is 17.6. The van der Waals surface area contributed by atoms with Crippen LogP contribution in [0.4, 0.5) is 5.82 Å². The van der Waals surface area contributed by atoms with Gasteiger partial charge in [0.1, 0.15) is 11.6 Å². The van der Waals surface area contributed by atoms with E-state index < -0.39 is 0 Å². The summed E-state index contributed by atoms with van der Waals surface area (Å²) in [4.78, 5) is 25.8. The highest BCUT2D eigenvalue weighted by Gasteiger charge is 2.32. The van der Waals surface area contributed by atoms with Crippen molar-refractivity contribution in [1.82, 2.24) is 15.0 Å². The molecule has 3 heterocycles. The molecule has 2 aromatic heterocycles. The van der Waals surface area contributed by atoms with Crippen LogP contribution in [0.3, 0.4) is 0 Å². The van der Waals surface area contributed by atoms with Crippen molar-refractivity contribution in [1.29, 1.82) is 0 Å². The van der Waals surface area contributed by atoms with Crippen molar-refractivity contribution in [3.8, 4) is 11.4 Å². The summed E-state index contributed by atoms with van der Waals surface area (Å²) < 4.78 is 10.8. The monoisotopic (exact) mass is 344 g/mol. The number of anilines is 1. The molecule has 134 valence electrons. The summed E-state index contributed by atoms with van der Waals surface area (Å²) in [6, 6.07) is 5.66. The number of ether oxygens (including phenoxy) is 2. The molecule has 1 fully saturated rings. The molecule has 3 rings (SSSR count). The molecule has 0 spiro atoms. The molecule has 0 unspecified atom stereocenters. The summed E-state index contributed by atoms with van der Waals surface area (Å²) >= 11 is 0. The summed E-state index contributed by atoms with van der Waals surface area (Å²) in [6.07, 6.45) is 3.56. The lowest BCUT2D eigenvalue weighted by atomic mass is 10.2. The van der Waals surface area contributed by atoms with Crippen LogP contribution in [-0.2, 0) is 15.9 Å².